The molecule has 5 heteroatoms. The van der Waals surface area contributed by atoms with Crippen LogP contribution >= 0.6 is 0 Å². The van der Waals surface area contributed by atoms with Gasteiger partial charge in [-0.1, -0.05) is 34.6 Å². The Kier molecular flexibility index (Phi) is 8.00. The van der Waals surface area contributed by atoms with E-state index < -0.39 is 6.09 Å². The van der Waals surface area contributed by atoms with Crippen molar-refractivity contribution < 1.29 is 15.0 Å². The number of aliphatic hydroxyl groups excluding tert-OH is 1. The van der Waals surface area contributed by atoms with E-state index >= 15 is 0 Å². The summed E-state index contributed by atoms with van der Waals surface area (Å²) in [6.07, 6.45) is 4.78. The molecule has 0 spiro atoms. The molecule has 1 aliphatic carbocycles. The van der Waals surface area contributed by atoms with E-state index in [4.69, 9.17) is 5.73 Å². The standard InChI is InChI=1S/C19H38N2O3/c1-13(2)11-17(19(3,4)5)21(18(23)24)15(12-22)7-6-8-16(20)14-9-10-14/h13-17,22H,6-12,20H2,1-5H3,(H,23,24)/t15-,16+,17?/m0/s1. The lowest BCUT2D eigenvalue weighted by Crippen LogP contribution is -2.53. The van der Waals surface area contributed by atoms with Crippen molar-refractivity contribution in [2.45, 2.75) is 91.3 Å². The Morgan fingerprint density at radius 3 is 2.21 bits per heavy atom. The molecule has 142 valence electrons. The third kappa shape index (κ3) is 6.60. The smallest absolute Gasteiger partial charge is 0.407 e. The average molecular weight is 343 g/mol. The maximum Gasteiger partial charge on any atom is 0.407 e. The highest BCUT2D eigenvalue weighted by Gasteiger charge is 2.38. The molecule has 1 saturated carbocycles. The Balaban J connectivity index is 2.77. The van der Waals surface area contributed by atoms with Gasteiger partial charge >= 0.3 is 6.09 Å². The summed E-state index contributed by atoms with van der Waals surface area (Å²) in [5, 5.41) is 19.7. The lowest BCUT2D eigenvalue weighted by atomic mass is 9.80. The monoisotopic (exact) mass is 342 g/mol. The number of aliphatic hydroxyl groups is 1. The summed E-state index contributed by atoms with van der Waals surface area (Å²) in [7, 11) is 0. The maximum atomic E-state index is 12.0. The molecule has 0 aromatic carbocycles. The van der Waals surface area contributed by atoms with Crippen LogP contribution in [0.5, 0.6) is 0 Å². The van der Waals surface area contributed by atoms with E-state index in [0.717, 1.165) is 19.3 Å². The Bertz CT molecular complexity index is 389. The Morgan fingerprint density at radius 2 is 1.83 bits per heavy atom. The molecule has 0 bridgehead atoms. The number of amides is 1. The van der Waals surface area contributed by atoms with Crippen molar-refractivity contribution in [1.29, 1.82) is 0 Å². The minimum Gasteiger partial charge on any atom is -0.465 e. The fourth-order valence-corrected chi connectivity index (χ4v) is 3.54. The van der Waals surface area contributed by atoms with E-state index in [1.54, 1.807) is 0 Å². The van der Waals surface area contributed by atoms with Crippen LogP contribution in [0.1, 0.15) is 73.1 Å². The summed E-state index contributed by atoms with van der Waals surface area (Å²) in [4.78, 5) is 13.5. The number of nitrogens with zero attached hydrogens (tertiary/aromatic N) is 1. The van der Waals surface area contributed by atoms with E-state index in [-0.39, 0.29) is 30.1 Å². The van der Waals surface area contributed by atoms with Crippen LogP contribution in [0.25, 0.3) is 0 Å². The predicted octanol–water partition coefficient (Wildman–Crippen LogP) is 3.70. The van der Waals surface area contributed by atoms with Gasteiger partial charge in [-0.3, -0.25) is 4.90 Å². The van der Waals surface area contributed by atoms with E-state index in [1.807, 2.05) is 0 Å². The van der Waals surface area contributed by atoms with Crippen LogP contribution in [0, 0.1) is 17.3 Å². The first kappa shape index (κ1) is 21.2. The molecule has 0 saturated heterocycles. The van der Waals surface area contributed by atoms with E-state index in [0.29, 0.717) is 18.3 Å². The van der Waals surface area contributed by atoms with Gasteiger partial charge in [-0.15, -0.1) is 0 Å². The molecular formula is C19H38N2O3. The van der Waals surface area contributed by atoms with Crippen molar-refractivity contribution in [1.82, 2.24) is 4.90 Å². The molecule has 1 fully saturated rings. The molecule has 3 atom stereocenters. The number of hydrogen-bond acceptors (Lipinski definition) is 3. The van der Waals surface area contributed by atoms with Crippen LogP contribution in [0.4, 0.5) is 4.79 Å². The van der Waals surface area contributed by atoms with E-state index in [1.165, 1.54) is 17.7 Å². The highest BCUT2D eigenvalue weighted by atomic mass is 16.4. The molecular weight excluding hydrogens is 304 g/mol. The quantitative estimate of drug-likeness (QED) is 0.565. The first-order chi connectivity index (χ1) is 11.1. The van der Waals surface area contributed by atoms with Crippen molar-refractivity contribution in [2.75, 3.05) is 6.61 Å². The summed E-state index contributed by atoms with van der Waals surface area (Å²) in [5.74, 6) is 1.06. The topological polar surface area (TPSA) is 86.8 Å². The van der Waals surface area contributed by atoms with Crippen LogP contribution in [-0.2, 0) is 0 Å². The van der Waals surface area contributed by atoms with Gasteiger partial charge in [0, 0.05) is 12.1 Å². The summed E-state index contributed by atoms with van der Waals surface area (Å²) in [5.41, 5.74) is 5.98. The molecule has 1 unspecified atom stereocenters. The van der Waals surface area contributed by atoms with Crippen LogP contribution in [-0.4, -0.2) is 45.9 Å². The zero-order chi connectivity index (χ0) is 18.5. The second-order valence-electron chi connectivity index (χ2n) is 8.97. The van der Waals surface area contributed by atoms with Gasteiger partial charge in [0.15, 0.2) is 0 Å². The Hall–Kier alpha value is -0.810. The van der Waals surface area contributed by atoms with Crippen LogP contribution in [0.15, 0.2) is 0 Å². The Morgan fingerprint density at radius 1 is 1.25 bits per heavy atom. The second-order valence-corrected chi connectivity index (χ2v) is 8.97. The molecule has 1 amide bonds. The lowest BCUT2D eigenvalue weighted by molar-refractivity contribution is 0.0219. The van der Waals surface area contributed by atoms with Gasteiger partial charge in [0.25, 0.3) is 0 Å². The van der Waals surface area contributed by atoms with Crippen molar-refractivity contribution in [3.63, 3.8) is 0 Å². The number of nitrogens with two attached hydrogens (primary N) is 1. The van der Waals surface area contributed by atoms with Crippen LogP contribution < -0.4 is 5.73 Å². The first-order valence-corrected chi connectivity index (χ1v) is 9.45. The summed E-state index contributed by atoms with van der Waals surface area (Å²) < 4.78 is 0. The van der Waals surface area contributed by atoms with Crippen molar-refractivity contribution >= 4 is 6.09 Å². The van der Waals surface area contributed by atoms with Gasteiger partial charge in [0.05, 0.1) is 12.6 Å². The zero-order valence-electron chi connectivity index (χ0n) is 16.2. The summed E-state index contributed by atoms with van der Waals surface area (Å²) >= 11 is 0. The zero-order valence-corrected chi connectivity index (χ0v) is 16.2. The molecule has 24 heavy (non-hydrogen) atoms. The number of hydrogen-bond donors (Lipinski definition) is 3. The molecule has 1 rings (SSSR count). The summed E-state index contributed by atoms with van der Waals surface area (Å²) in [6.45, 7) is 10.3. The van der Waals surface area contributed by atoms with Crippen LogP contribution in [0.3, 0.4) is 0 Å². The largest absolute Gasteiger partial charge is 0.465 e. The van der Waals surface area contributed by atoms with Gasteiger partial charge in [0.1, 0.15) is 0 Å². The molecule has 0 radical (unpaired) electrons. The highest BCUT2D eigenvalue weighted by molar-refractivity contribution is 5.66. The number of carboxylic acid groups (broad SMARTS) is 1. The molecule has 0 heterocycles. The van der Waals surface area contributed by atoms with E-state index in [2.05, 4.69) is 34.6 Å². The van der Waals surface area contributed by atoms with Gasteiger partial charge in [-0.2, -0.15) is 0 Å². The third-order valence-corrected chi connectivity index (χ3v) is 5.16. The SMILES string of the molecule is CC(C)CC(N(C(=O)O)[C@H](CO)CCC[C@@H](N)C1CC1)C(C)(C)C. The number of rotatable bonds is 10. The van der Waals surface area contributed by atoms with Gasteiger partial charge < -0.3 is 15.9 Å². The van der Waals surface area contributed by atoms with Crippen LogP contribution in [0.2, 0.25) is 0 Å². The normalized spacial score (nSPS) is 19.2. The predicted molar refractivity (Wildman–Crippen MR) is 98.0 cm³/mol. The second kappa shape index (κ2) is 9.04. The fourth-order valence-electron chi connectivity index (χ4n) is 3.54. The molecule has 4 N–H and O–H groups in total. The van der Waals surface area contributed by atoms with E-state index in [9.17, 15) is 15.0 Å². The van der Waals surface area contributed by atoms with Gasteiger partial charge in [0.2, 0.25) is 0 Å². The number of carbonyl (C=O) groups is 1. The maximum absolute atomic E-state index is 12.0. The molecule has 0 aromatic heterocycles. The minimum atomic E-state index is -0.930. The summed E-state index contributed by atoms with van der Waals surface area (Å²) in [6, 6.07) is -0.224. The average Bonchev–Trinajstić information content (AvgIpc) is 3.27. The minimum absolute atomic E-state index is 0.107. The van der Waals surface area contributed by atoms with Crippen molar-refractivity contribution in [3.05, 3.63) is 0 Å². The fraction of sp³-hybridized carbons (Fsp3) is 0.947. The highest BCUT2D eigenvalue weighted by Crippen LogP contribution is 2.34. The molecule has 0 aliphatic heterocycles. The van der Waals surface area contributed by atoms with Crippen molar-refractivity contribution in [3.8, 4) is 0 Å². The van der Waals surface area contributed by atoms with Gasteiger partial charge in [-0.25, -0.2) is 4.79 Å². The Labute approximate surface area is 147 Å². The molecule has 5 nitrogen and oxygen atoms in total. The first-order valence-electron chi connectivity index (χ1n) is 9.45. The van der Waals surface area contributed by atoms with Gasteiger partial charge in [-0.05, 0) is 55.8 Å². The molecule has 0 aromatic rings. The van der Waals surface area contributed by atoms with Crippen molar-refractivity contribution in [2.24, 2.45) is 23.0 Å². The molecule has 1 aliphatic rings. The third-order valence-electron chi connectivity index (χ3n) is 5.16. The lowest BCUT2D eigenvalue weighted by Gasteiger charge is -2.43.